The van der Waals surface area contributed by atoms with Gasteiger partial charge >= 0.3 is 31.5 Å². The quantitative estimate of drug-likeness (QED) is 0.189. The summed E-state index contributed by atoms with van der Waals surface area (Å²) < 4.78 is 25.7. The van der Waals surface area contributed by atoms with Gasteiger partial charge in [0.05, 0.1) is 12.2 Å². The van der Waals surface area contributed by atoms with Crippen LogP contribution in [-0.2, 0) is 22.6 Å². The number of aromatic amines is 1. The van der Waals surface area contributed by atoms with Crippen LogP contribution in [0.3, 0.4) is 0 Å². The van der Waals surface area contributed by atoms with E-state index < -0.39 is 68.1 Å². The highest BCUT2D eigenvalue weighted by Crippen LogP contribution is 2.55. The molecule has 3 rings (SSSR count). The molecule has 0 radical (unpaired) electrons. The highest BCUT2D eigenvalue weighted by molar-refractivity contribution is 7.60. The Hall–Kier alpha value is -0.470. The summed E-state index contributed by atoms with van der Waals surface area (Å²) in [6.45, 7) is 0.403. The number of nitrogens with zero attached hydrogens (tertiary/aromatic N) is 1. The fraction of sp³-hybridized carbons (Fsp3) is 0.714. The molecule has 2 aliphatic heterocycles. The lowest BCUT2D eigenvalue weighted by Crippen LogP contribution is -2.38. The first-order valence-electron chi connectivity index (χ1n) is 9.27. The topological polar surface area (TPSA) is 222 Å². The van der Waals surface area contributed by atoms with Gasteiger partial charge < -0.3 is 43.8 Å². The molecule has 1 aromatic heterocycles. The van der Waals surface area contributed by atoms with Crippen molar-refractivity contribution in [3.63, 3.8) is 0 Å². The van der Waals surface area contributed by atoms with Crippen LogP contribution in [0.1, 0.15) is 30.6 Å². The van der Waals surface area contributed by atoms with Crippen LogP contribution < -0.4 is 11.2 Å². The van der Waals surface area contributed by atoms with E-state index in [-0.39, 0.29) is 11.6 Å². The highest BCUT2D eigenvalue weighted by Gasteiger charge is 2.45. The number of hydrogen-bond donors (Lipinski definition) is 7. The summed E-state index contributed by atoms with van der Waals surface area (Å²) in [5.74, 6) is 0. The average molecular weight is 520 g/mol. The molecular formula is C14H23N2O13P3. The molecule has 0 aromatic carbocycles. The Morgan fingerprint density at radius 2 is 1.75 bits per heavy atom. The van der Waals surface area contributed by atoms with Gasteiger partial charge in [0.1, 0.15) is 24.4 Å². The first-order chi connectivity index (χ1) is 15.2. The van der Waals surface area contributed by atoms with E-state index in [4.69, 9.17) is 23.8 Å². The molecular weight excluding hydrogens is 497 g/mol. The van der Waals surface area contributed by atoms with E-state index in [2.05, 4.69) is 13.6 Å². The predicted octanol–water partition coefficient (Wildman–Crippen LogP) is -1.25. The Bertz CT molecular complexity index is 863. The summed E-state index contributed by atoms with van der Waals surface area (Å²) in [5.41, 5.74) is -1.46. The Balaban J connectivity index is 1.67. The van der Waals surface area contributed by atoms with E-state index in [9.17, 15) is 29.6 Å². The lowest BCUT2D eigenvalue weighted by atomic mass is 10.0. The number of rotatable bonds is 9. The van der Waals surface area contributed by atoms with Gasteiger partial charge in [0.25, 0.3) is 5.56 Å². The molecule has 6 atom stereocenters. The van der Waals surface area contributed by atoms with Crippen molar-refractivity contribution in [3.8, 4) is 0 Å². The molecule has 15 nitrogen and oxygen atoms in total. The van der Waals surface area contributed by atoms with Crippen molar-refractivity contribution in [2.75, 3.05) is 19.8 Å². The Morgan fingerprint density at radius 1 is 1.06 bits per heavy atom. The van der Waals surface area contributed by atoms with Crippen molar-refractivity contribution in [2.24, 2.45) is 0 Å². The van der Waals surface area contributed by atoms with Crippen LogP contribution in [0.2, 0.25) is 0 Å². The molecule has 18 heteroatoms. The monoisotopic (exact) mass is 520 g/mol. The summed E-state index contributed by atoms with van der Waals surface area (Å²) in [4.78, 5) is 62.9. The second kappa shape index (κ2) is 11.8. The Morgan fingerprint density at radius 3 is 2.41 bits per heavy atom. The molecule has 7 N–H and O–H groups in total. The maximum atomic E-state index is 12.4. The molecule has 0 spiro atoms. The minimum Gasteiger partial charge on any atom is -0.387 e. The van der Waals surface area contributed by atoms with Gasteiger partial charge in [-0.1, -0.05) is 0 Å². The zero-order chi connectivity index (χ0) is 23.4. The number of ether oxygens (including phenoxy) is 2. The first-order valence-corrected chi connectivity index (χ1v) is 12.7. The number of nitrogens with one attached hydrogen (secondary N) is 1. The summed E-state index contributed by atoms with van der Waals surface area (Å²) >= 11 is 0. The third-order valence-electron chi connectivity index (χ3n) is 4.88. The molecule has 1 aromatic rings. The molecule has 3 heterocycles. The van der Waals surface area contributed by atoms with Crippen LogP contribution in [0, 0.1) is 0 Å². The van der Waals surface area contributed by atoms with Crippen LogP contribution in [0.25, 0.3) is 0 Å². The standard InChI is InChI=1S/C14H23N2O13P3/c17-10-9(6-26-31(23)29-32(24)28-30(21)22)27-12(11(10)18)8-5-16(14(20)15-13(8)19)7-1-3-25-4-2-7/h5,7,9-12,17-18,21-24H,1-4,6H2,(H,15,19,20). The molecule has 182 valence electrons. The van der Waals surface area contributed by atoms with Crippen LogP contribution in [0.15, 0.2) is 15.8 Å². The number of hydrogen-bond acceptors (Lipinski definition) is 13. The van der Waals surface area contributed by atoms with Crippen molar-refractivity contribution in [3.05, 3.63) is 32.6 Å². The third-order valence-corrected chi connectivity index (χ3v) is 7.51. The largest absolute Gasteiger partial charge is 0.387 e. The third kappa shape index (κ3) is 6.56. The molecule has 0 saturated carbocycles. The Kier molecular flexibility index (Phi) is 9.63. The van der Waals surface area contributed by atoms with Gasteiger partial charge in [0.2, 0.25) is 0 Å². The molecule has 2 fully saturated rings. The first kappa shape index (κ1) is 26.1. The van der Waals surface area contributed by atoms with E-state index in [1.54, 1.807) is 0 Å². The van der Waals surface area contributed by atoms with Gasteiger partial charge in [-0.05, 0) is 12.8 Å². The predicted molar refractivity (Wildman–Crippen MR) is 108 cm³/mol. The van der Waals surface area contributed by atoms with Crippen LogP contribution >= 0.6 is 25.8 Å². The van der Waals surface area contributed by atoms with E-state index in [0.29, 0.717) is 26.1 Å². The van der Waals surface area contributed by atoms with Gasteiger partial charge in [-0.15, -0.1) is 0 Å². The van der Waals surface area contributed by atoms with Gasteiger partial charge in [-0.3, -0.25) is 14.3 Å². The van der Waals surface area contributed by atoms with Crippen LogP contribution in [0.4, 0.5) is 0 Å². The van der Waals surface area contributed by atoms with Crippen molar-refractivity contribution < 1.29 is 52.4 Å². The minimum absolute atomic E-state index is 0.0702. The van der Waals surface area contributed by atoms with Gasteiger partial charge in [0.15, 0.2) is 0 Å². The van der Waals surface area contributed by atoms with Crippen molar-refractivity contribution in [1.29, 1.82) is 0 Å². The highest BCUT2D eigenvalue weighted by atomic mass is 31.3. The summed E-state index contributed by atoms with van der Waals surface area (Å²) in [5, 5.41) is 20.7. The number of aromatic nitrogens is 2. The van der Waals surface area contributed by atoms with Crippen molar-refractivity contribution in [2.45, 2.75) is 43.3 Å². The maximum Gasteiger partial charge on any atom is 0.344 e. The second-order valence-corrected chi connectivity index (χ2v) is 9.88. The fourth-order valence-electron chi connectivity index (χ4n) is 3.38. The zero-order valence-electron chi connectivity index (χ0n) is 16.3. The summed E-state index contributed by atoms with van der Waals surface area (Å²) in [7, 11) is -8.48. The van der Waals surface area contributed by atoms with Crippen LogP contribution in [-0.4, -0.2) is 77.5 Å². The van der Waals surface area contributed by atoms with Gasteiger partial charge in [-0.2, -0.15) is 0 Å². The number of aliphatic hydroxyl groups excluding tert-OH is 2. The minimum atomic E-state index is -2.91. The number of aliphatic hydroxyl groups is 2. The lowest BCUT2D eigenvalue weighted by Gasteiger charge is -2.25. The summed E-state index contributed by atoms with van der Waals surface area (Å²) in [6.07, 6.45) is -3.12. The number of H-pyrrole nitrogens is 1. The lowest BCUT2D eigenvalue weighted by molar-refractivity contribution is -0.0194. The van der Waals surface area contributed by atoms with E-state index in [1.807, 2.05) is 0 Å². The molecule has 0 amide bonds. The summed E-state index contributed by atoms with van der Waals surface area (Å²) in [6, 6.07) is -0.209. The van der Waals surface area contributed by atoms with E-state index in [1.165, 1.54) is 10.8 Å². The molecule has 2 aliphatic rings. The molecule has 2 saturated heterocycles. The SMILES string of the molecule is O=c1[nH]c(=O)n(C2CCOCC2)cc1C1OC(COP(O)OP(O)OP(O)O)C(O)C1O. The molecule has 32 heavy (non-hydrogen) atoms. The van der Waals surface area contributed by atoms with Crippen molar-refractivity contribution in [1.82, 2.24) is 9.55 Å². The molecule has 0 aliphatic carbocycles. The van der Waals surface area contributed by atoms with Gasteiger partial charge in [-0.25, -0.2) is 13.4 Å². The molecule has 6 unspecified atom stereocenters. The molecule has 0 bridgehead atoms. The fourth-order valence-corrected chi connectivity index (χ4v) is 5.21. The smallest absolute Gasteiger partial charge is 0.344 e. The maximum absolute atomic E-state index is 12.4. The zero-order valence-corrected chi connectivity index (χ0v) is 19.0. The second-order valence-electron chi connectivity index (χ2n) is 6.86. The van der Waals surface area contributed by atoms with Gasteiger partial charge in [0, 0.05) is 25.5 Å². The van der Waals surface area contributed by atoms with Crippen molar-refractivity contribution >= 4 is 25.8 Å². The van der Waals surface area contributed by atoms with E-state index >= 15 is 0 Å². The van der Waals surface area contributed by atoms with E-state index in [0.717, 1.165) is 0 Å². The van der Waals surface area contributed by atoms with Crippen LogP contribution in [0.5, 0.6) is 0 Å². The normalized spacial score (nSPS) is 28.8. The Labute approximate surface area is 184 Å². The average Bonchev–Trinajstić information content (AvgIpc) is 3.01.